The van der Waals surface area contributed by atoms with E-state index in [4.69, 9.17) is 10.7 Å². The quantitative estimate of drug-likeness (QED) is 0.441. The molecule has 0 amide bonds. The summed E-state index contributed by atoms with van der Waals surface area (Å²) < 4.78 is 20.0. The van der Waals surface area contributed by atoms with Gasteiger partial charge < -0.3 is 0 Å². The third-order valence-corrected chi connectivity index (χ3v) is 1.17. The first-order chi connectivity index (χ1) is 3.56. The molecule has 4 heteroatoms. The maximum Gasteiger partial charge on any atom is 0.254 e. The van der Waals surface area contributed by atoms with E-state index in [2.05, 4.69) is 6.58 Å². The SMILES string of the molecule is C=C/C=C/S(=O)(=O)Cl. The van der Waals surface area contributed by atoms with E-state index in [0.717, 1.165) is 5.41 Å². The van der Waals surface area contributed by atoms with Crippen LogP contribution >= 0.6 is 10.7 Å². The average Bonchev–Trinajstić information content (AvgIpc) is 1.59. The van der Waals surface area contributed by atoms with Crippen LogP contribution in [-0.2, 0) is 9.05 Å². The van der Waals surface area contributed by atoms with Crippen LogP contribution in [0, 0.1) is 0 Å². The first kappa shape index (κ1) is 7.72. The lowest BCUT2D eigenvalue weighted by Gasteiger charge is -1.74. The maximum absolute atomic E-state index is 10.0. The van der Waals surface area contributed by atoms with Crippen molar-refractivity contribution in [2.24, 2.45) is 0 Å². The van der Waals surface area contributed by atoms with E-state index in [0.29, 0.717) is 0 Å². The van der Waals surface area contributed by atoms with Crippen molar-refractivity contribution in [3.63, 3.8) is 0 Å². The molecule has 0 aliphatic heterocycles. The first-order valence-corrected chi connectivity index (χ1v) is 4.17. The first-order valence-electron chi connectivity index (χ1n) is 1.80. The van der Waals surface area contributed by atoms with Gasteiger partial charge in [-0.15, -0.1) is 0 Å². The van der Waals surface area contributed by atoms with Crippen molar-refractivity contribution in [1.82, 2.24) is 0 Å². The highest BCUT2D eigenvalue weighted by atomic mass is 35.7. The smallest absolute Gasteiger partial charge is 0.208 e. The highest BCUT2D eigenvalue weighted by molar-refractivity contribution is 8.16. The fourth-order valence-corrected chi connectivity index (χ4v) is 0.626. The van der Waals surface area contributed by atoms with Crippen LogP contribution in [0.15, 0.2) is 24.1 Å². The molecule has 46 valence electrons. The summed E-state index contributed by atoms with van der Waals surface area (Å²) in [6, 6.07) is 0. The van der Waals surface area contributed by atoms with Crippen molar-refractivity contribution >= 4 is 19.7 Å². The van der Waals surface area contributed by atoms with Crippen LogP contribution in [0.2, 0.25) is 0 Å². The van der Waals surface area contributed by atoms with Crippen molar-refractivity contribution in [3.05, 3.63) is 24.1 Å². The Labute approximate surface area is 52.9 Å². The second-order valence-corrected chi connectivity index (χ2v) is 3.55. The Morgan fingerprint density at radius 1 is 1.50 bits per heavy atom. The largest absolute Gasteiger partial charge is 0.254 e. The minimum Gasteiger partial charge on any atom is -0.208 e. The molecule has 0 unspecified atom stereocenters. The molecule has 0 saturated heterocycles. The molecule has 0 aliphatic carbocycles. The Bertz CT molecular complexity index is 190. The molecule has 0 radical (unpaired) electrons. The van der Waals surface area contributed by atoms with E-state index in [1.54, 1.807) is 0 Å². The second kappa shape index (κ2) is 2.89. The Morgan fingerprint density at radius 3 is 2.12 bits per heavy atom. The lowest BCUT2D eigenvalue weighted by Crippen LogP contribution is -1.76. The van der Waals surface area contributed by atoms with Crippen LogP contribution in [0.4, 0.5) is 0 Å². The molecular formula is C4H5ClO2S. The van der Waals surface area contributed by atoms with Crippen molar-refractivity contribution < 1.29 is 8.42 Å². The van der Waals surface area contributed by atoms with Gasteiger partial charge in [-0.1, -0.05) is 18.7 Å². The van der Waals surface area contributed by atoms with Crippen LogP contribution in [0.25, 0.3) is 0 Å². The number of halogens is 1. The van der Waals surface area contributed by atoms with Crippen molar-refractivity contribution in [1.29, 1.82) is 0 Å². The zero-order chi connectivity index (χ0) is 6.62. The molecular weight excluding hydrogens is 148 g/mol. The van der Waals surface area contributed by atoms with Gasteiger partial charge in [-0.3, -0.25) is 0 Å². The van der Waals surface area contributed by atoms with Crippen LogP contribution in [0.1, 0.15) is 0 Å². The van der Waals surface area contributed by atoms with Gasteiger partial charge in [0, 0.05) is 16.1 Å². The summed E-state index contributed by atoms with van der Waals surface area (Å²) in [4.78, 5) is 0. The Morgan fingerprint density at radius 2 is 2.00 bits per heavy atom. The standard InChI is InChI=1S/C4H5ClO2S/c1-2-3-4-8(5,6)7/h2-4H,1H2/b4-3+. The molecule has 0 rings (SSSR count). The molecule has 0 fully saturated rings. The Kier molecular flexibility index (Phi) is 2.79. The molecule has 2 nitrogen and oxygen atoms in total. The van der Waals surface area contributed by atoms with Crippen LogP contribution in [0.5, 0.6) is 0 Å². The fourth-order valence-electron chi connectivity index (χ4n) is 0.149. The molecule has 0 aromatic rings. The highest BCUT2D eigenvalue weighted by Gasteiger charge is 1.92. The molecule has 0 N–H and O–H groups in total. The van der Waals surface area contributed by atoms with Gasteiger partial charge in [0.2, 0.25) is 0 Å². The predicted octanol–water partition coefficient (Wildman–Crippen LogP) is 1.25. The van der Waals surface area contributed by atoms with Crippen LogP contribution in [0.3, 0.4) is 0 Å². The van der Waals surface area contributed by atoms with E-state index in [-0.39, 0.29) is 0 Å². The Hall–Kier alpha value is -0.280. The van der Waals surface area contributed by atoms with E-state index in [9.17, 15) is 8.42 Å². The van der Waals surface area contributed by atoms with E-state index in [1.165, 1.54) is 12.2 Å². The zero-order valence-corrected chi connectivity index (χ0v) is 5.61. The molecule has 0 aliphatic rings. The maximum atomic E-state index is 10.0. The summed E-state index contributed by atoms with van der Waals surface area (Å²) in [6.07, 6.45) is 2.59. The summed E-state index contributed by atoms with van der Waals surface area (Å²) in [7, 11) is 1.28. The molecule has 0 aromatic carbocycles. The van der Waals surface area contributed by atoms with E-state index >= 15 is 0 Å². The number of allylic oxidation sites excluding steroid dienone is 2. The van der Waals surface area contributed by atoms with Crippen molar-refractivity contribution in [3.8, 4) is 0 Å². The van der Waals surface area contributed by atoms with Gasteiger partial charge >= 0.3 is 0 Å². The summed E-state index contributed by atoms with van der Waals surface area (Å²) in [5.74, 6) is 0. The van der Waals surface area contributed by atoms with Crippen LogP contribution < -0.4 is 0 Å². The summed E-state index contributed by atoms with van der Waals surface area (Å²) in [5.41, 5.74) is 0. The van der Waals surface area contributed by atoms with E-state index < -0.39 is 9.05 Å². The lowest BCUT2D eigenvalue weighted by atomic mass is 10.6. The minimum absolute atomic E-state index is 0.863. The number of hydrogen-bond donors (Lipinski definition) is 0. The summed E-state index contributed by atoms with van der Waals surface area (Å²) >= 11 is 0. The minimum atomic E-state index is -3.47. The monoisotopic (exact) mass is 152 g/mol. The van der Waals surface area contributed by atoms with Crippen molar-refractivity contribution in [2.45, 2.75) is 0 Å². The van der Waals surface area contributed by atoms with Gasteiger partial charge in [0.15, 0.2) is 0 Å². The highest BCUT2D eigenvalue weighted by Crippen LogP contribution is 1.96. The van der Waals surface area contributed by atoms with Gasteiger partial charge in [0.25, 0.3) is 9.05 Å². The molecule has 0 spiro atoms. The predicted molar refractivity (Wildman–Crippen MR) is 34.1 cm³/mol. The third kappa shape index (κ3) is 5.72. The zero-order valence-electron chi connectivity index (χ0n) is 4.04. The van der Waals surface area contributed by atoms with Crippen LogP contribution in [-0.4, -0.2) is 8.42 Å². The molecule has 0 heterocycles. The Balaban J connectivity index is 4.12. The summed E-state index contributed by atoms with van der Waals surface area (Å²) in [6.45, 7) is 3.25. The normalized spacial score (nSPS) is 12.1. The van der Waals surface area contributed by atoms with Gasteiger partial charge in [0.05, 0.1) is 0 Å². The molecule has 0 atom stereocenters. The molecule has 0 bridgehead atoms. The number of rotatable bonds is 2. The van der Waals surface area contributed by atoms with E-state index in [1.807, 2.05) is 0 Å². The fraction of sp³-hybridized carbons (Fsp3) is 0. The third-order valence-electron chi connectivity index (χ3n) is 0.377. The topological polar surface area (TPSA) is 34.1 Å². The number of hydrogen-bond acceptors (Lipinski definition) is 2. The molecule has 0 aromatic heterocycles. The average molecular weight is 153 g/mol. The molecule has 0 saturated carbocycles. The van der Waals surface area contributed by atoms with Gasteiger partial charge in [-0.05, 0) is 0 Å². The van der Waals surface area contributed by atoms with Crippen molar-refractivity contribution in [2.75, 3.05) is 0 Å². The second-order valence-electron chi connectivity index (χ2n) is 1.04. The van der Waals surface area contributed by atoms with Gasteiger partial charge in [0.1, 0.15) is 0 Å². The lowest BCUT2D eigenvalue weighted by molar-refractivity contribution is 0.617. The van der Waals surface area contributed by atoms with Gasteiger partial charge in [-0.25, -0.2) is 8.42 Å². The van der Waals surface area contributed by atoms with Gasteiger partial charge in [-0.2, -0.15) is 0 Å². The molecule has 8 heavy (non-hydrogen) atoms. The summed E-state index contributed by atoms with van der Waals surface area (Å²) in [5, 5.41) is 0.863.